The molecule has 0 spiro atoms. The molecular weight excluding hydrogens is 260 g/mol. The van der Waals surface area contributed by atoms with Gasteiger partial charge >= 0.3 is 0 Å². The third-order valence-corrected chi connectivity index (χ3v) is 4.20. The number of carbonyl (C=O) groups is 1. The molecule has 2 N–H and O–H groups in total. The number of carbonyl (C=O) groups excluding carboxylic acids is 1. The molecule has 1 amide bonds. The van der Waals surface area contributed by atoms with Crippen LogP contribution in [0.1, 0.15) is 16.7 Å². The van der Waals surface area contributed by atoms with Gasteiger partial charge in [-0.25, -0.2) is 0 Å². The van der Waals surface area contributed by atoms with Crippen LogP contribution in [0.15, 0.2) is 54.6 Å². The smallest absolute Gasteiger partial charge is 0.235 e. The first-order valence-corrected chi connectivity index (χ1v) is 7.38. The molecule has 0 aromatic heterocycles. The van der Waals surface area contributed by atoms with E-state index in [-0.39, 0.29) is 11.9 Å². The van der Waals surface area contributed by atoms with Crippen molar-refractivity contribution < 1.29 is 4.79 Å². The molecule has 0 aliphatic carbocycles. The molecule has 3 heteroatoms. The molecule has 2 aromatic rings. The summed E-state index contributed by atoms with van der Waals surface area (Å²) in [4.78, 5) is 14.0. The summed E-state index contributed by atoms with van der Waals surface area (Å²) in [6.07, 6.45) is 1.66. The molecule has 2 aromatic carbocycles. The number of fused-ring (bicyclic) bond motifs is 1. The van der Waals surface area contributed by atoms with E-state index in [4.69, 9.17) is 5.73 Å². The van der Waals surface area contributed by atoms with Crippen LogP contribution in [0.2, 0.25) is 0 Å². The lowest BCUT2D eigenvalue weighted by molar-refractivity contribution is -0.123. The lowest BCUT2D eigenvalue weighted by atomic mass is 9.93. The monoisotopic (exact) mass is 280 g/mol. The zero-order valence-electron chi connectivity index (χ0n) is 12.0. The van der Waals surface area contributed by atoms with Crippen molar-refractivity contribution in [2.24, 2.45) is 5.73 Å². The molecule has 3 rings (SSSR count). The van der Waals surface area contributed by atoms with Gasteiger partial charge in [0.1, 0.15) is 0 Å². The van der Waals surface area contributed by atoms with Crippen molar-refractivity contribution >= 4 is 5.91 Å². The van der Waals surface area contributed by atoms with Gasteiger partial charge < -0.3 is 5.73 Å². The fourth-order valence-corrected chi connectivity index (χ4v) is 3.01. The summed E-state index contributed by atoms with van der Waals surface area (Å²) in [7, 11) is 0. The quantitative estimate of drug-likeness (QED) is 0.932. The van der Waals surface area contributed by atoms with Crippen molar-refractivity contribution in [3.8, 4) is 0 Å². The van der Waals surface area contributed by atoms with Gasteiger partial charge in [-0.1, -0.05) is 54.6 Å². The number of primary amides is 1. The highest BCUT2D eigenvalue weighted by Crippen LogP contribution is 2.23. The summed E-state index contributed by atoms with van der Waals surface area (Å²) < 4.78 is 0. The fraction of sp³-hybridized carbons (Fsp3) is 0.278. The molecular formula is C18H20N2O. The highest BCUT2D eigenvalue weighted by Gasteiger charge is 2.29. The molecule has 3 nitrogen and oxygen atoms in total. The summed E-state index contributed by atoms with van der Waals surface area (Å²) in [6.45, 7) is 1.66. The molecule has 0 saturated carbocycles. The molecule has 0 bridgehead atoms. The van der Waals surface area contributed by atoms with Crippen molar-refractivity contribution in [2.75, 3.05) is 6.54 Å². The number of nitrogens with two attached hydrogens (primary N) is 1. The van der Waals surface area contributed by atoms with Crippen LogP contribution in [-0.4, -0.2) is 23.4 Å². The van der Waals surface area contributed by atoms with Crippen molar-refractivity contribution in [3.63, 3.8) is 0 Å². The van der Waals surface area contributed by atoms with E-state index < -0.39 is 0 Å². The molecule has 1 heterocycles. The molecule has 1 atom stereocenters. The second-order valence-electron chi connectivity index (χ2n) is 5.60. The van der Waals surface area contributed by atoms with E-state index in [0.717, 1.165) is 25.9 Å². The zero-order valence-corrected chi connectivity index (χ0v) is 12.0. The first kappa shape index (κ1) is 13.8. The Kier molecular flexibility index (Phi) is 4.02. The standard InChI is InChI=1S/C18H20N2O/c19-18(21)17-12-15-8-4-5-9-16(15)13-20(17)11-10-14-6-2-1-3-7-14/h1-9,17H,10-13H2,(H2,19,21)/t17-/m1/s1. The van der Waals surface area contributed by atoms with Crippen LogP contribution in [0.4, 0.5) is 0 Å². The van der Waals surface area contributed by atoms with Gasteiger partial charge in [-0.05, 0) is 29.5 Å². The average molecular weight is 280 g/mol. The number of benzene rings is 2. The lowest BCUT2D eigenvalue weighted by Crippen LogP contribution is -2.49. The summed E-state index contributed by atoms with van der Waals surface area (Å²) in [6, 6.07) is 18.5. The predicted octanol–water partition coefficient (Wildman–Crippen LogP) is 2.14. The maximum Gasteiger partial charge on any atom is 0.235 e. The fourth-order valence-electron chi connectivity index (χ4n) is 3.01. The number of nitrogens with zero attached hydrogens (tertiary/aromatic N) is 1. The normalized spacial score (nSPS) is 18.2. The van der Waals surface area contributed by atoms with Crippen molar-refractivity contribution in [1.29, 1.82) is 0 Å². The summed E-state index contributed by atoms with van der Waals surface area (Å²) in [5, 5.41) is 0. The molecule has 0 radical (unpaired) electrons. The van der Waals surface area contributed by atoms with Gasteiger partial charge in [-0.3, -0.25) is 9.69 Å². The SMILES string of the molecule is NC(=O)[C@H]1Cc2ccccc2CN1CCc1ccccc1. The minimum absolute atomic E-state index is 0.191. The molecule has 1 aliphatic rings. The largest absolute Gasteiger partial charge is 0.368 e. The Hall–Kier alpha value is -2.13. The number of amides is 1. The van der Waals surface area contributed by atoms with E-state index >= 15 is 0 Å². The summed E-state index contributed by atoms with van der Waals surface area (Å²) >= 11 is 0. The predicted molar refractivity (Wildman–Crippen MR) is 83.7 cm³/mol. The Labute approximate surface area is 125 Å². The van der Waals surface area contributed by atoms with E-state index in [0.29, 0.717) is 0 Å². The Bertz CT molecular complexity index is 624. The van der Waals surface area contributed by atoms with Gasteiger partial charge in [0.05, 0.1) is 6.04 Å². The van der Waals surface area contributed by atoms with Crippen LogP contribution in [0, 0.1) is 0 Å². The number of hydrogen-bond donors (Lipinski definition) is 1. The van der Waals surface area contributed by atoms with Crippen molar-refractivity contribution in [1.82, 2.24) is 4.90 Å². The van der Waals surface area contributed by atoms with E-state index in [9.17, 15) is 4.79 Å². The lowest BCUT2D eigenvalue weighted by Gasteiger charge is -2.35. The van der Waals surface area contributed by atoms with E-state index in [1.165, 1.54) is 16.7 Å². The van der Waals surface area contributed by atoms with E-state index in [1.54, 1.807) is 0 Å². The van der Waals surface area contributed by atoms with Crippen LogP contribution in [0.25, 0.3) is 0 Å². The molecule has 21 heavy (non-hydrogen) atoms. The van der Waals surface area contributed by atoms with E-state index in [1.807, 2.05) is 24.3 Å². The Balaban J connectivity index is 1.75. The molecule has 108 valence electrons. The first-order chi connectivity index (χ1) is 10.2. The van der Waals surface area contributed by atoms with Gasteiger partial charge in [-0.2, -0.15) is 0 Å². The van der Waals surface area contributed by atoms with E-state index in [2.05, 4.69) is 35.2 Å². The summed E-state index contributed by atoms with van der Waals surface area (Å²) in [5.41, 5.74) is 9.45. The van der Waals surface area contributed by atoms with Gasteiger partial charge in [0, 0.05) is 13.1 Å². The maximum atomic E-state index is 11.8. The minimum Gasteiger partial charge on any atom is -0.368 e. The van der Waals surface area contributed by atoms with Crippen molar-refractivity contribution in [3.05, 3.63) is 71.3 Å². The van der Waals surface area contributed by atoms with Crippen LogP contribution in [-0.2, 0) is 24.2 Å². The van der Waals surface area contributed by atoms with Crippen LogP contribution < -0.4 is 5.73 Å². The zero-order chi connectivity index (χ0) is 14.7. The van der Waals surface area contributed by atoms with Gasteiger partial charge in [0.2, 0.25) is 5.91 Å². The molecule has 0 unspecified atom stereocenters. The average Bonchev–Trinajstić information content (AvgIpc) is 2.53. The third kappa shape index (κ3) is 3.14. The highest BCUT2D eigenvalue weighted by molar-refractivity contribution is 5.80. The first-order valence-electron chi connectivity index (χ1n) is 7.38. The Morgan fingerprint density at radius 3 is 2.43 bits per heavy atom. The second-order valence-corrected chi connectivity index (χ2v) is 5.60. The van der Waals surface area contributed by atoms with Gasteiger partial charge in [0.25, 0.3) is 0 Å². The second kappa shape index (κ2) is 6.10. The third-order valence-electron chi connectivity index (χ3n) is 4.20. The van der Waals surface area contributed by atoms with Gasteiger partial charge in [0.15, 0.2) is 0 Å². The molecule has 1 aliphatic heterocycles. The topological polar surface area (TPSA) is 46.3 Å². The Morgan fingerprint density at radius 1 is 1.05 bits per heavy atom. The highest BCUT2D eigenvalue weighted by atomic mass is 16.1. The van der Waals surface area contributed by atoms with Crippen LogP contribution in [0.3, 0.4) is 0 Å². The number of rotatable bonds is 4. The van der Waals surface area contributed by atoms with Crippen molar-refractivity contribution in [2.45, 2.75) is 25.4 Å². The van der Waals surface area contributed by atoms with Crippen LogP contribution >= 0.6 is 0 Å². The minimum atomic E-state index is -0.224. The maximum absolute atomic E-state index is 11.8. The van der Waals surface area contributed by atoms with Crippen LogP contribution in [0.5, 0.6) is 0 Å². The molecule has 0 saturated heterocycles. The Morgan fingerprint density at radius 2 is 1.71 bits per heavy atom. The van der Waals surface area contributed by atoms with Gasteiger partial charge in [-0.15, -0.1) is 0 Å². The molecule has 0 fully saturated rings. The number of hydrogen-bond acceptors (Lipinski definition) is 2. The summed E-state index contributed by atoms with van der Waals surface area (Å²) in [5.74, 6) is -0.224.